The Bertz CT molecular complexity index is 1430. The van der Waals surface area contributed by atoms with E-state index in [1.165, 1.54) is 23.7 Å². The number of hydrogen-bond donors (Lipinski definition) is 0. The Morgan fingerprint density at radius 1 is 0.950 bits per heavy atom. The maximum absolute atomic E-state index is 13.7. The van der Waals surface area contributed by atoms with Crippen LogP contribution < -0.4 is 9.47 Å². The molecule has 0 unspecified atom stereocenters. The summed E-state index contributed by atoms with van der Waals surface area (Å²) in [6, 6.07) is 19.4. The van der Waals surface area contributed by atoms with E-state index in [1.807, 2.05) is 66.4 Å². The summed E-state index contributed by atoms with van der Waals surface area (Å²) < 4.78 is 12.0. The standard InChI is InChI=1S/C32H32Cl2N2O3S/c1-3-38-29-18-22(12-16-28(29)39-20-23-11-15-26(33)27(34)17-23)19-30-31(37)36(25-7-5-4-6-8-25)32(40-30)35-24-13-9-21(2)10-14-24/h9-19,25H,3-8,20H2,1-2H3/b30-19+,35-32?. The molecule has 0 N–H and O–H groups in total. The smallest absolute Gasteiger partial charge is 0.267 e. The van der Waals surface area contributed by atoms with Crippen LogP contribution in [0.5, 0.6) is 11.5 Å². The molecule has 0 spiro atoms. The number of carbonyl (C=O) groups is 1. The number of carbonyl (C=O) groups excluding carboxylic acids is 1. The highest BCUT2D eigenvalue weighted by Gasteiger charge is 2.38. The second kappa shape index (κ2) is 13.2. The van der Waals surface area contributed by atoms with E-state index < -0.39 is 0 Å². The number of ether oxygens (including phenoxy) is 2. The van der Waals surface area contributed by atoms with Gasteiger partial charge in [0.1, 0.15) is 6.61 Å². The van der Waals surface area contributed by atoms with Gasteiger partial charge in [-0.1, -0.05) is 72.3 Å². The molecule has 208 valence electrons. The van der Waals surface area contributed by atoms with Crippen molar-refractivity contribution in [1.29, 1.82) is 0 Å². The molecule has 8 heteroatoms. The maximum Gasteiger partial charge on any atom is 0.267 e. The van der Waals surface area contributed by atoms with E-state index in [0.717, 1.165) is 47.7 Å². The van der Waals surface area contributed by atoms with Crippen molar-refractivity contribution in [3.63, 3.8) is 0 Å². The number of halogens is 2. The predicted molar refractivity (Wildman–Crippen MR) is 166 cm³/mol. The number of amides is 1. The number of rotatable bonds is 8. The molecule has 1 aliphatic carbocycles. The Hall–Kier alpha value is -2.93. The zero-order valence-electron chi connectivity index (χ0n) is 22.7. The first-order chi connectivity index (χ1) is 19.4. The molecule has 2 aliphatic rings. The van der Waals surface area contributed by atoms with Gasteiger partial charge in [-0.3, -0.25) is 9.69 Å². The van der Waals surface area contributed by atoms with E-state index in [0.29, 0.717) is 39.7 Å². The summed E-state index contributed by atoms with van der Waals surface area (Å²) in [5.41, 5.74) is 3.80. The molecule has 1 heterocycles. The third kappa shape index (κ3) is 6.85. The molecule has 2 fully saturated rings. The van der Waals surface area contributed by atoms with E-state index in [-0.39, 0.29) is 11.9 Å². The van der Waals surface area contributed by atoms with Crippen LogP contribution in [-0.2, 0) is 11.4 Å². The summed E-state index contributed by atoms with van der Waals surface area (Å²) in [6.07, 6.45) is 7.43. The molecule has 40 heavy (non-hydrogen) atoms. The first-order valence-corrected chi connectivity index (χ1v) is 15.2. The van der Waals surface area contributed by atoms with Crippen LogP contribution in [0.15, 0.2) is 70.6 Å². The summed E-state index contributed by atoms with van der Waals surface area (Å²) in [7, 11) is 0. The molecule has 5 rings (SSSR count). The maximum atomic E-state index is 13.7. The Kier molecular flexibility index (Phi) is 9.40. The lowest BCUT2D eigenvalue weighted by Crippen LogP contribution is -2.40. The van der Waals surface area contributed by atoms with Crippen LogP contribution in [0.3, 0.4) is 0 Å². The molecule has 1 aliphatic heterocycles. The van der Waals surface area contributed by atoms with E-state index >= 15 is 0 Å². The fourth-order valence-corrected chi connectivity index (χ4v) is 6.28. The van der Waals surface area contributed by atoms with Crippen LogP contribution in [0, 0.1) is 6.92 Å². The Labute approximate surface area is 250 Å². The summed E-state index contributed by atoms with van der Waals surface area (Å²) in [5, 5.41) is 1.74. The zero-order valence-corrected chi connectivity index (χ0v) is 25.0. The van der Waals surface area contributed by atoms with Gasteiger partial charge in [0.15, 0.2) is 16.7 Å². The minimum Gasteiger partial charge on any atom is -0.490 e. The van der Waals surface area contributed by atoms with Crippen molar-refractivity contribution in [1.82, 2.24) is 4.90 Å². The van der Waals surface area contributed by atoms with Gasteiger partial charge in [0.25, 0.3) is 5.91 Å². The number of amidine groups is 1. The molecule has 5 nitrogen and oxygen atoms in total. The highest BCUT2D eigenvalue weighted by molar-refractivity contribution is 8.18. The van der Waals surface area contributed by atoms with Gasteiger partial charge in [0, 0.05) is 6.04 Å². The van der Waals surface area contributed by atoms with Gasteiger partial charge in [0.05, 0.1) is 27.2 Å². The van der Waals surface area contributed by atoms with Gasteiger partial charge in [-0.25, -0.2) is 4.99 Å². The number of hydrogen-bond acceptors (Lipinski definition) is 5. The van der Waals surface area contributed by atoms with Crippen molar-refractivity contribution in [2.75, 3.05) is 6.61 Å². The number of benzene rings is 3. The predicted octanol–water partition coefficient (Wildman–Crippen LogP) is 9.22. The lowest BCUT2D eigenvalue weighted by molar-refractivity contribution is -0.124. The number of aliphatic imine (C=N–C) groups is 1. The lowest BCUT2D eigenvalue weighted by atomic mass is 9.94. The number of aryl methyl sites for hydroxylation is 1. The summed E-state index contributed by atoms with van der Waals surface area (Å²) in [4.78, 5) is 21.2. The molecule has 3 aromatic carbocycles. The molecule has 0 radical (unpaired) electrons. The SMILES string of the molecule is CCOc1cc(/C=C2/SC(=Nc3ccc(C)cc3)N(C3CCCCC3)C2=O)ccc1OCc1ccc(Cl)c(Cl)c1. The Morgan fingerprint density at radius 3 is 2.45 bits per heavy atom. The van der Waals surface area contributed by atoms with Gasteiger partial charge < -0.3 is 9.47 Å². The zero-order chi connectivity index (χ0) is 28.1. The van der Waals surface area contributed by atoms with Crippen molar-refractivity contribution in [2.24, 2.45) is 4.99 Å². The fraction of sp³-hybridized carbons (Fsp3) is 0.312. The molecule has 1 saturated carbocycles. The highest BCUT2D eigenvalue weighted by Crippen LogP contribution is 2.39. The number of nitrogens with zero attached hydrogens (tertiary/aromatic N) is 2. The fourth-order valence-electron chi connectivity index (χ4n) is 4.90. The van der Waals surface area contributed by atoms with Crippen molar-refractivity contribution in [3.05, 3.63) is 92.3 Å². The summed E-state index contributed by atoms with van der Waals surface area (Å²) >= 11 is 13.6. The Morgan fingerprint density at radius 2 is 1.73 bits per heavy atom. The van der Waals surface area contributed by atoms with Gasteiger partial charge in [0.2, 0.25) is 0 Å². The average molecular weight is 596 g/mol. The Balaban J connectivity index is 1.40. The molecular weight excluding hydrogens is 563 g/mol. The van der Waals surface area contributed by atoms with E-state index in [1.54, 1.807) is 12.1 Å². The quantitative estimate of drug-likeness (QED) is 0.244. The topological polar surface area (TPSA) is 51.1 Å². The van der Waals surface area contributed by atoms with Crippen molar-refractivity contribution >= 4 is 57.8 Å². The monoisotopic (exact) mass is 594 g/mol. The van der Waals surface area contributed by atoms with E-state index in [4.69, 9.17) is 37.7 Å². The van der Waals surface area contributed by atoms with Crippen LogP contribution in [0.2, 0.25) is 10.0 Å². The van der Waals surface area contributed by atoms with Crippen molar-refractivity contribution < 1.29 is 14.3 Å². The van der Waals surface area contributed by atoms with Crippen LogP contribution >= 0.6 is 35.0 Å². The summed E-state index contributed by atoms with van der Waals surface area (Å²) in [5.74, 6) is 1.25. The van der Waals surface area contributed by atoms with Crippen molar-refractivity contribution in [2.45, 2.75) is 58.6 Å². The van der Waals surface area contributed by atoms with Crippen LogP contribution in [0.25, 0.3) is 6.08 Å². The second-order valence-electron chi connectivity index (χ2n) is 9.98. The molecule has 0 bridgehead atoms. The molecule has 3 aromatic rings. The highest BCUT2D eigenvalue weighted by atomic mass is 35.5. The van der Waals surface area contributed by atoms with Gasteiger partial charge in [-0.15, -0.1) is 0 Å². The van der Waals surface area contributed by atoms with Crippen LogP contribution in [-0.4, -0.2) is 28.6 Å². The largest absolute Gasteiger partial charge is 0.490 e. The third-order valence-corrected chi connectivity index (χ3v) is 8.70. The molecule has 0 atom stereocenters. The van der Waals surface area contributed by atoms with Gasteiger partial charge in [-0.2, -0.15) is 0 Å². The van der Waals surface area contributed by atoms with Crippen LogP contribution in [0.1, 0.15) is 55.7 Å². The van der Waals surface area contributed by atoms with Crippen molar-refractivity contribution in [3.8, 4) is 11.5 Å². The molecule has 0 aromatic heterocycles. The number of thioether (sulfide) groups is 1. The van der Waals surface area contributed by atoms with Crippen LogP contribution in [0.4, 0.5) is 5.69 Å². The normalized spacial score (nSPS) is 18.1. The summed E-state index contributed by atoms with van der Waals surface area (Å²) in [6.45, 7) is 4.79. The van der Waals surface area contributed by atoms with Gasteiger partial charge >= 0.3 is 0 Å². The minimum atomic E-state index is 0.0145. The minimum absolute atomic E-state index is 0.0145. The van der Waals surface area contributed by atoms with E-state index in [9.17, 15) is 4.79 Å². The second-order valence-corrected chi connectivity index (χ2v) is 11.8. The first-order valence-electron chi connectivity index (χ1n) is 13.6. The van der Waals surface area contributed by atoms with E-state index in [2.05, 4.69) is 6.92 Å². The van der Waals surface area contributed by atoms with Gasteiger partial charge in [-0.05, 0) is 92.1 Å². The molecule has 1 amide bonds. The molecule has 1 saturated heterocycles. The first kappa shape index (κ1) is 28.6. The lowest BCUT2D eigenvalue weighted by Gasteiger charge is -2.30. The average Bonchev–Trinajstić information content (AvgIpc) is 3.26. The molecular formula is C32H32Cl2N2O3S. The third-order valence-electron chi connectivity index (χ3n) is 6.98.